The molecule has 120 valence electrons. The highest BCUT2D eigenvalue weighted by Crippen LogP contribution is 2.17. The second-order valence-corrected chi connectivity index (χ2v) is 5.34. The third-order valence-corrected chi connectivity index (χ3v) is 3.35. The summed E-state index contributed by atoms with van der Waals surface area (Å²) in [7, 11) is 0. The maximum absolute atomic E-state index is 13.1. The first-order valence-electron chi connectivity index (χ1n) is 7.03. The van der Waals surface area contributed by atoms with Crippen molar-refractivity contribution in [3.05, 3.63) is 77.2 Å². The van der Waals surface area contributed by atoms with Gasteiger partial charge in [0.25, 0.3) is 5.91 Å². The van der Waals surface area contributed by atoms with Crippen LogP contribution in [0.15, 0.2) is 60.7 Å². The zero-order valence-corrected chi connectivity index (χ0v) is 13.1. The number of hydrogen-bond donors (Lipinski definition) is 2. The van der Waals surface area contributed by atoms with Crippen LogP contribution in [0.25, 0.3) is 0 Å². The summed E-state index contributed by atoms with van der Waals surface area (Å²) in [5.41, 5.74) is 1.27. The van der Waals surface area contributed by atoms with Gasteiger partial charge in [0.05, 0.1) is 0 Å². The summed E-state index contributed by atoms with van der Waals surface area (Å²) < 4.78 is 13.1. The second kappa shape index (κ2) is 7.06. The molecule has 0 radical (unpaired) electrons. The molecule has 7 heteroatoms. The molecule has 0 saturated heterocycles. The zero-order chi connectivity index (χ0) is 16.9. The quantitative estimate of drug-likeness (QED) is 0.743. The third-order valence-electron chi connectivity index (χ3n) is 3.10. The van der Waals surface area contributed by atoms with Gasteiger partial charge in [-0.3, -0.25) is 4.79 Å². The summed E-state index contributed by atoms with van der Waals surface area (Å²) in [5.74, 6) is -0.410. The highest BCUT2D eigenvalue weighted by molar-refractivity contribution is 6.30. The van der Waals surface area contributed by atoms with E-state index in [0.717, 1.165) is 5.69 Å². The van der Waals surface area contributed by atoms with Crippen molar-refractivity contribution >= 4 is 34.7 Å². The monoisotopic (exact) mass is 342 g/mol. The lowest BCUT2D eigenvalue weighted by Crippen LogP contribution is -2.14. The molecule has 1 amide bonds. The Morgan fingerprint density at radius 2 is 1.75 bits per heavy atom. The molecule has 1 heterocycles. The summed E-state index contributed by atoms with van der Waals surface area (Å²) in [6, 6.07) is 15.9. The molecule has 24 heavy (non-hydrogen) atoms. The van der Waals surface area contributed by atoms with E-state index in [1.54, 1.807) is 36.4 Å². The van der Waals surface area contributed by atoms with Crippen molar-refractivity contribution in [2.75, 3.05) is 10.6 Å². The highest BCUT2D eigenvalue weighted by atomic mass is 35.5. The lowest BCUT2D eigenvalue weighted by atomic mass is 10.3. The van der Waals surface area contributed by atoms with Gasteiger partial charge >= 0.3 is 0 Å². The summed E-state index contributed by atoms with van der Waals surface area (Å²) in [6.45, 7) is 0. The van der Waals surface area contributed by atoms with Crippen LogP contribution in [0.2, 0.25) is 5.02 Å². The number of hydrogen-bond acceptors (Lipinski definition) is 4. The number of aromatic nitrogens is 2. The fourth-order valence-electron chi connectivity index (χ4n) is 1.96. The van der Waals surface area contributed by atoms with Crippen molar-refractivity contribution in [3.63, 3.8) is 0 Å². The fraction of sp³-hybridized carbons (Fsp3) is 0. The van der Waals surface area contributed by atoms with Gasteiger partial charge in [0, 0.05) is 16.4 Å². The van der Waals surface area contributed by atoms with Crippen LogP contribution >= 0.6 is 11.6 Å². The van der Waals surface area contributed by atoms with Gasteiger partial charge < -0.3 is 10.6 Å². The van der Waals surface area contributed by atoms with Crippen molar-refractivity contribution in [1.29, 1.82) is 0 Å². The molecular weight excluding hydrogens is 331 g/mol. The van der Waals surface area contributed by atoms with Gasteiger partial charge in [-0.1, -0.05) is 17.7 Å². The van der Waals surface area contributed by atoms with Gasteiger partial charge in [-0.25, -0.2) is 4.39 Å². The Morgan fingerprint density at radius 3 is 2.42 bits per heavy atom. The molecule has 0 unspecified atom stereocenters. The Labute approximate surface area is 142 Å². The first-order chi connectivity index (χ1) is 11.6. The lowest BCUT2D eigenvalue weighted by molar-refractivity contribution is 0.102. The predicted octanol–water partition coefficient (Wildman–Crippen LogP) is 4.27. The highest BCUT2D eigenvalue weighted by Gasteiger charge is 2.09. The molecule has 2 aromatic carbocycles. The number of nitrogens with zero attached hydrogens (tertiary/aromatic N) is 2. The van der Waals surface area contributed by atoms with Crippen LogP contribution in [0.5, 0.6) is 0 Å². The maximum Gasteiger partial charge on any atom is 0.276 e. The molecule has 0 fully saturated rings. The third kappa shape index (κ3) is 4.05. The molecule has 0 aliphatic heterocycles. The van der Waals surface area contributed by atoms with Crippen molar-refractivity contribution in [1.82, 2.24) is 10.2 Å². The molecule has 2 N–H and O–H groups in total. The molecule has 1 aromatic heterocycles. The van der Waals surface area contributed by atoms with E-state index in [1.165, 1.54) is 24.3 Å². The molecule has 0 spiro atoms. The summed E-state index contributed by atoms with van der Waals surface area (Å²) >= 11 is 5.82. The van der Waals surface area contributed by atoms with Crippen LogP contribution in [-0.4, -0.2) is 16.1 Å². The molecule has 0 saturated carbocycles. The maximum atomic E-state index is 13.1. The number of benzene rings is 2. The first-order valence-corrected chi connectivity index (χ1v) is 7.41. The van der Waals surface area contributed by atoms with Crippen LogP contribution < -0.4 is 10.6 Å². The number of carbonyl (C=O) groups excluding carboxylic acids is 1. The summed E-state index contributed by atoms with van der Waals surface area (Å²) in [4.78, 5) is 12.1. The fourth-order valence-corrected chi connectivity index (χ4v) is 2.09. The molecule has 3 rings (SSSR count). The minimum Gasteiger partial charge on any atom is -0.339 e. The normalized spacial score (nSPS) is 10.2. The molecular formula is C17H12ClFN4O. The van der Waals surface area contributed by atoms with Crippen LogP contribution in [0.3, 0.4) is 0 Å². The number of rotatable bonds is 4. The largest absolute Gasteiger partial charge is 0.339 e. The van der Waals surface area contributed by atoms with Gasteiger partial charge in [-0.2, -0.15) is 0 Å². The average Bonchev–Trinajstić information content (AvgIpc) is 2.57. The molecule has 0 atom stereocenters. The number of nitrogens with one attached hydrogen (secondary N) is 2. The van der Waals surface area contributed by atoms with Crippen molar-refractivity contribution in [2.24, 2.45) is 0 Å². The van der Waals surface area contributed by atoms with Crippen LogP contribution in [-0.2, 0) is 0 Å². The standard InChI is InChI=1S/C17H12ClFN4O/c18-11-4-6-13(7-5-11)20-16-9-8-15(22-23-16)17(24)21-14-3-1-2-12(19)10-14/h1-10H,(H,20,23)(H,21,24). The van der Waals surface area contributed by atoms with Gasteiger partial charge in [0.15, 0.2) is 11.5 Å². The van der Waals surface area contributed by atoms with Crippen molar-refractivity contribution in [2.45, 2.75) is 0 Å². The second-order valence-electron chi connectivity index (χ2n) is 4.90. The van der Waals surface area contributed by atoms with E-state index in [2.05, 4.69) is 20.8 Å². The van der Waals surface area contributed by atoms with E-state index in [9.17, 15) is 9.18 Å². The average molecular weight is 343 g/mol. The Hall–Kier alpha value is -2.99. The van der Waals surface area contributed by atoms with Crippen molar-refractivity contribution in [3.8, 4) is 0 Å². The molecule has 0 aliphatic carbocycles. The van der Waals surface area contributed by atoms with E-state index < -0.39 is 11.7 Å². The lowest BCUT2D eigenvalue weighted by Gasteiger charge is -2.07. The van der Waals surface area contributed by atoms with E-state index >= 15 is 0 Å². The predicted molar refractivity (Wildman–Crippen MR) is 91.1 cm³/mol. The zero-order valence-electron chi connectivity index (χ0n) is 12.3. The van der Waals surface area contributed by atoms with Gasteiger partial charge in [0.1, 0.15) is 5.82 Å². The minimum absolute atomic E-state index is 0.126. The smallest absolute Gasteiger partial charge is 0.276 e. The minimum atomic E-state index is -0.467. The van der Waals surface area contributed by atoms with E-state index in [1.807, 2.05) is 0 Å². The van der Waals surface area contributed by atoms with E-state index in [4.69, 9.17) is 11.6 Å². The first kappa shape index (κ1) is 15.9. The Kier molecular flexibility index (Phi) is 4.67. The van der Waals surface area contributed by atoms with Crippen molar-refractivity contribution < 1.29 is 9.18 Å². The van der Waals surface area contributed by atoms with E-state index in [-0.39, 0.29) is 5.69 Å². The van der Waals surface area contributed by atoms with E-state index in [0.29, 0.717) is 16.5 Å². The molecule has 3 aromatic rings. The van der Waals surface area contributed by atoms with Crippen LogP contribution in [0, 0.1) is 5.82 Å². The Morgan fingerprint density at radius 1 is 0.958 bits per heavy atom. The van der Waals surface area contributed by atoms with Gasteiger partial charge in [0.2, 0.25) is 0 Å². The number of amides is 1. The molecule has 5 nitrogen and oxygen atoms in total. The Bertz CT molecular complexity index is 853. The SMILES string of the molecule is O=C(Nc1cccc(F)c1)c1ccc(Nc2ccc(Cl)cc2)nn1. The number of halogens is 2. The molecule has 0 aliphatic rings. The summed E-state index contributed by atoms with van der Waals surface area (Å²) in [6.07, 6.45) is 0. The van der Waals surface area contributed by atoms with Gasteiger partial charge in [-0.15, -0.1) is 10.2 Å². The topological polar surface area (TPSA) is 66.9 Å². The molecule has 0 bridgehead atoms. The number of anilines is 3. The number of carbonyl (C=O) groups is 1. The Balaban J connectivity index is 1.67. The van der Waals surface area contributed by atoms with Crippen LogP contribution in [0.1, 0.15) is 10.5 Å². The summed E-state index contributed by atoms with van der Waals surface area (Å²) in [5, 5.41) is 14.0. The van der Waals surface area contributed by atoms with Gasteiger partial charge in [-0.05, 0) is 54.6 Å². The van der Waals surface area contributed by atoms with Crippen LogP contribution in [0.4, 0.5) is 21.6 Å².